The Balaban J connectivity index is 1.84. The van der Waals surface area contributed by atoms with Crippen molar-refractivity contribution in [3.05, 3.63) is 75.1 Å². The Bertz CT molecular complexity index is 1340. The molecular formula is C23H21Cl2N5O3. The van der Waals surface area contributed by atoms with E-state index in [0.717, 1.165) is 10.4 Å². The molecule has 0 unspecified atom stereocenters. The summed E-state index contributed by atoms with van der Waals surface area (Å²) in [5.41, 5.74) is 6.87. The molecule has 2 heterocycles. The number of nitrogens with zero attached hydrogens (tertiary/aromatic N) is 3. The van der Waals surface area contributed by atoms with Crippen molar-refractivity contribution in [2.75, 3.05) is 25.6 Å². The van der Waals surface area contributed by atoms with Crippen LogP contribution in [-0.2, 0) is 0 Å². The molecule has 0 spiro atoms. The van der Waals surface area contributed by atoms with Crippen molar-refractivity contribution in [3.63, 3.8) is 0 Å². The molecule has 8 nitrogen and oxygen atoms in total. The molecule has 0 aliphatic heterocycles. The van der Waals surface area contributed by atoms with Crippen molar-refractivity contribution in [2.45, 2.75) is 6.42 Å². The summed E-state index contributed by atoms with van der Waals surface area (Å²) in [6, 6.07) is 14.0. The second kappa shape index (κ2) is 10.1. The van der Waals surface area contributed by atoms with Crippen LogP contribution in [0.15, 0.2) is 59.5 Å². The Hall–Kier alpha value is -3.33. The Kier molecular flexibility index (Phi) is 6.98. The van der Waals surface area contributed by atoms with E-state index >= 15 is 0 Å². The first-order valence-corrected chi connectivity index (χ1v) is 10.9. The van der Waals surface area contributed by atoms with Gasteiger partial charge in [0, 0.05) is 28.9 Å². The Morgan fingerprint density at radius 2 is 1.88 bits per heavy atom. The van der Waals surface area contributed by atoms with Crippen molar-refractivity contribution in [2.24, 2.45) is 5.73 Å². The number of pyridine rings is 1. The molecule has 2 aromatic carbocycles. The number of nitrogens with two attached hydrogens (primary N) is 1. The number of nitrogens with one attached hydrogen (secondary N) is 1. The molecular weight excluding hydrogens is 465 g/mol. The highest BCUT2D eigenvalue weighted by atomic mass is 35.5. The van der Waals surface area contributed by atoms with Gasteiger partial charge in [0.15, 0.2) is 5.65 Å². The minimum absolute atomic E-state index is 0.230. The highest BCUT2D eigenvalue weighted by Crippen LogP contribution is 2.33. The summed E-state index contributed by atoms with van der Waals surface area (Å²) in [5, 5.41) is 4.39. The van der Waals surface area contributed by atoms with Crippen LogP contribution in [0.2, 0.25) is 10.0 Å². The van der Waals surface area contributed by atoms with E-state index in [1.807, 2.05) is 18.2 Å². The number of hydrogen-bond acceptors (Lipinski definition) is 7. The van der Waals surface area contributed by atoms with E-state index in [0.29, 0.717) is 45.4 Å². The molecule has 4 aromatic rings. The molecule has 33 heavy (non-hydrogen) atoms. The van der Waals surface area contributed by atoms with Crippen molar-refractivity contribution in [3.8, 4) is 16.9 Å². The summed E-state index contributed by atoms with van der Waals surface area (Å²) in [6.07, 6.45) is 2.16. The van der Waals surface area contributed by atoms with Crippen LogP contribution in [0.3, 0.4) is 0 Å². The average molecular weight is 486 g/mol. The summed E-state index contributed by atoms with van der Waals surface area (Å²) in [6.45, 7) is 0.647. The fourth-order valence-corrected chi connectivity index (χ4v) is 3.85. The number of aromatic nitrogens is 3. The predicted molar refractivity (Wildman–Crippen MR) is 131 cm³/mol. The molecule has 170 valence electrons. The second-order valence-electron chi connectivity index (χ2n) is 7.06. The van der Waals surface area contributed by atoms with Crippen LogP contribution in [0.1, 0.15) is 6.42 Å². The third kappa shape index (κ3) is 4.88. The molecule has 3 N–H and O–H groups in total. The zero-order valence-electron chi connectivity index (χ0n) is 17.7. The molecule has 0 saturated heterocycles. The first kappa shape index (κ1) is 22.8. The van der Waals surface area contributed by atoms with Gasteiger partial charge in [-0.25, -0.2) is 4.98 Å². The maximum Gasteiger partial charge on any atom is 0.293 e. The molecule has 0 saturated carbocycles. The number of benzene rings is 2. The molecule has 0 radical (unpaired) electrons. The van der Waals surface area contributed by atoms with E-state index in [9.17, 15) is 4.79 Å². The predicted octanol–water partition coefficient (Wildman–Crippen LogP) is 4.29. The number of anilines is 2. The van der Waals surface area contributed by atoms with Crippen molar-refractivity contribution in [1.29, 1.82) is 0 Å². The first-order chi connectivity index (χ1) is 16.0. The maximum atomic E-state index is 13.4. The van der Waals surface area contributed by atoms with Crippen LogP contribution < -0.4 is 26.2 Å². The summed E-state index contributed by atoms with van der Waals surface area (Å²) in [4.78, 5) is 28.1. The SMILES string of the molecule is COc1cccc(Nc2ncc3cc(-c4c(Cl)cccc4Cl)c(=O)n(OCCCN)c3n2)c1. The molecule has 0 aliphatic rings. The summed E-state index contributed by atoms with van der Waals surface area (Å²) >= 11 is 12.7. The monoisotopic (exact) mass is 485 g/mol. The van der Waals surface area contributed by atoms with Crippen LogP contribution in [0, 0.1) is 0 Å². The lowest BCUT2D eigenvalue weighted by Crippen LogP contribution is -2.30. The fourth-order valence-electron chi connectivity index (χ4n) is 3.25. The van der Waals surface area contributed by atoms with Crippen molar-refractivity contribution < 1.29 is 9.57 Å². The normalized spacial score (nSPS) is 10.9. The average Bonchev–Trinajstić information content (AvgIpc) is 2.81. The zero-order chi connectivity index (χ0) is 23.4. The molecule has 4 rings (SSSR count). The number of hydrogen-bond donors (Lipinski definition) is 2. The Morgan fingerprint density at radius 1 is 1.12 bits per heavy atom. The van der Waals surface area contributed by atoms with Crippen molar-refractivity contribution in [1.82, 2.24) is 14.7 Å². The van der Waals surface area contributed by atoms with Crippen LogP contribution >= 0.6 is 23.2 Å². The van der Waals surface area contributed by atoms with E-state index in [2.05, 4.69) is 15.3 Å². The number of rotatable bonds is 8. The lowest BCUT2D eigenvalue weighted by Gasteiger charge is -2.15. The Morgan fingerprint density at radius 3 is 2.61 bits per heavy atom. The van der Waals surface area contributed by atoms with Crippen molar-refractivity contribution >= 4 is 45.9 Å². The minimum atomic E-state index is -0.444. The van der Waals surface area contributed by atoms with Gasteiger partial charge in [0.1, 0.15) is 12.4 Å². The van der Waals surface area contributed by atoms with Gasteiger partial charge in [-0.2, -0.15) is 4.98 Å². The quantitative estimate of drug-likeness (QED) is 0.358. The summed E-state index contributed by atoms with van der Waals surface area (Å²) in [7, 11) is 1.59. The standard InChI is InChI=1S/C23H21Cl2N5O3/c1-32-16-6-2-5-15(12-16)28-23-27-13-14-11-17(20-18(24)7-3-8-19(20)25)22(31)30(21(14)29-23)33-10-4-9-26/h2-3,5-8,11-13H,4,9-10,26H2,1H3,(H,27,28,29). The van der Waals surface area contributed by atoms with Crippen LogP contribution in [0.4, 0.5) is 11.6 Å². The molecule has 0 fully saturated rings. The third-order valence-corrected chi connectivity index (χ3v) is 5.46. The largest absolute Gasteiger partial charge is 0.497 e. The van der Waals surface area contributed by atoms with Crippen LogP contribution in [0.5, 0.6) is 5.75 Å². The van der Waals surface area contributed by atoms with Gasteiger partial charge in [-0.05, 0) is 43.3 Å². The smallest absolute Gasteiger partial charge is 0.293 e. The van der Waals surface area contributed by atoms with Gasteiger partial charge < -0.3 is 20.6 Å². The van der Waals surface area contributed by atoms with Gasteiger partial charge in [-0.1, -0.05) is 35.3 Å². The van der Waals surface area contributed by atoms with Crippen LogP contribution in [-0.4, -0.2) is 35.0 Å². The van der Waals surface area contributed by atoms with E-state index in [4.69, 9.17) is 38.5 Å². The van der Waals surface area contributed by atoms with Gasteiger partial charge in [0.05, 0.1) is 22.7 Å². The fraction of sp³-hybridized carbons (Fsp3) is 0.174. The molecule has 2 aromatic heterocycles. The Labute approximate surface area is 199 Å². The number of halogens is 2. The summed E-state index contributed by atoms with van der Waals surface area (Å²) < 4.78 is 6.39. The lowest BCUT2D eigenvalue weighted by atomic mass is 10.1. The molecule has 0 aliphatic carbocycles. The van der Waals surface area contributed by atoms with Gasteiger partial charge in [-0.3, -0.25) is 4.79 Å². The van der Waals surface area contributed by atoms with Gasteiger partial charge in [0.2, 0.25) is 5.95 Å². The third-order valence-electron chi connectivity index (χ3n) is 4.83. The number of fused-ring (bicyclic) bond motifs is 1. The highest BCUT2D eigenvalue weighted by molar-refractivity contribution is 6.39. The van der Waals surface area contributed by atoms with Gasteiger partial charge in [-0.15, -0.1) is 4.73 Å². The van der Waals surface area contributed by atoms with Crippen LogP contribution in [0.25, 0.3) is 22.2 Å². The second-order valence-corrected chi connectivity index (χ2v) is 7.87. The molecule has 0 bridgehead atoms. The zero-order valence-corrected chi connectivity index (χ0v) is 19.2. The molecule has 10 heteroatoms. The van der Waals surface area contributed by atoms with E-state index in [-0.39, 0.29) is 18.1 Å². The van der Waals surface area contributed by atoms with Gasteiger partial charge in [0.25, 0.3) is 5.56 Å². The first-order valence-electron chi connectivity index (χ1n) is 10.1. The van der Waals surface area contributed by atoms with Gasteiger partial charge >= 0.3 is 0 Å². The lowest BCUT2D eigenvalue weighted by molar-refractivity contribution is 0.110. The van der Waals surface area contributed by atoms with E-state index < -0.39 is 5.56 Å². The summed E-state index contributed by atoms with van der Waals surface area (Å²) in [5.74, 6) is 0.971. The molecule has 0 atom stereocenters. The number of ether oxygens (including phenoxy) is 1. The molecule has 0 amide bonds. The van der Waals surface area contributed by atoms with E-state index in [1.165, 1.54) is 0 Å². The van der Waals surface area contributed by atoms with E-state index in [1.54, 1.807) is 43.6 Å². The maximum absolute atomic E-state index is 13.4. The highest BCUT2D eigenvalue weighted by Gasteiger charge is 2.18. The minimum Gasteiger partial charge on any atom is -0.497 e. The topological polar surface area (TPSA) is 104 Å². The number of methoxy groups -OCH3 is 1.